The summed E-state index contributed by atoms with van der Waals surface area (Å²) in [6, 6.07) is 10.6. The van der Waals surface area contributed by atoms with Gasteiger partial charge in [0.2, 0.25) is 0 Å². The number of carboxylic acid groups (broad SMARTS) is 1. The van der Waals surface area contributed by atoms with E-state index in [0.717, 1.165) is 17.1 Å². The van der Waals surface area contributed by atoms with Crippen molar-refractivity contribution in [1.29, 1.82) is 0 Å². The first-order valence-corrected chi connectivity index (χ1v) is 6.13. The maximum absolute atomic E-state index is 10.8. The second-order valence-corrected chi connectivity index (χ2v) is 4.53. The Morgan fingerprint density at radius 3 is 2.79 bits per heavy atom. The minimum atomic E-state index is -1.03. The lowest BCUT2D eigenvalue weighted by atomic mass is 10.2. The molecule has 0 amide bonds. The van der Waals surface area contributed by atoms with Crippen LogP contribution in [0.4, 0.5) is 5.69 Å². The summed E-state index contributed by atoms with van der Waals surface area (Å²) in [6.45, 7) is 2.49. The van der Waals surface area contributed by atoms with Crippen LogP contribution in [0.5, 0.6) is 0 Å². The Morgan fingerprint density at radius 1 is 1.37 bits per heavy atom. The number of hydrogen-bond acceptors (Lipinski definition) is 3. The molecule has 0 unspecified atom stereocenters. The molecule has 2 aromatic rings. The Balaban J connectivity index is 2.08. The number of rotatable bonds is 4. The van der Waals surface area contributed by atoms with E-state index in [4.69, 9.17) is 16.7 Å². The molecule has 0 spiro atoms. The molecule has 0 fully saturated rings. The third-order valence-corrected chi connectivity index (χ3v) is 2.93. The second kappa shape index (κ2) is 5.71. The molecule has 0 saturated heterocycles. The third kappa shape index (κ3) is 3.45. The molecule has 0 aliphatic rings. The highest BCUT2D eigenvalue weighted by atomic mass is 35.5. The van der Waals surface area contributed by atoms with Crippen LogP contribution in [-0.4, -0.2) is 16.1 Å². The highest BCUT2D eigenvalue weighted by Crippen LogP contribution is 2.21. The molecule has 0 atom stereocenters. The number of benzene rings is 1. The summed E-state index contributed by atoms with van der Waals surface area (Å²) in [4.78, 5) is 15.2. The molecule has 19 heavy (non-hydrogen) atoms. The van der Waals surface area contributed by atoms with E-state index in [0.29, 0.717) is 6.54 Å². The fraction of sp³-hybridized carbons (Fsp3) is 0.143. The Labute approximate surface area is 116 Å². The molecule has 1 aromatic heterocycles. The maximum atomic E-state index is 10.8. The predicted molar refractivity (Wildman–Crippen MR) is 74.7 cm³/mol. The van der Waals surface area contributed by atoms with Gasteiger partial charge in [0, 0.05) is 11.4 Å². The zero-order chi connectivity index (χ0) is 13.8. The number of nitrogens with one attached hydrogen (secondary N) is 1. The molecular weight excluding hydrogens is 264 g/mol. The van der Waals surface area contributed by atoms with Crippen molar-refractivity contribution in [3.05, 3.63) is 58.4 Å². The molecule has 98 valence electrons. The number of anilines is 1. The van der Waals surface area contributed by atoms with E-state index in [1.807, 2.05) is 25.1 Å². The smallest absolute Gasteiger partial charge is 0.337 e. The molecule has 1 heterocycles. The van der Waals surface area contributed by atoms with Gasteiger partial charge in [-0.1, -0.05) is 17.7 Å². The van der Waals surface area contributed by atoms with E-state index in [1.54, 1.807) is 12.1 Å². The largest absolute Gasteiger partial charge is 0.478 e. The van der Waals surface area contributed by atoms with Crippen molar-refractivity contribution < 1.29 is 9.90 Å². The number of pyridine rings is 1. The Kier molecular flexibility index (Phi) is 4.02. The summed E-state index contributed by atoms with van der Waals surface area (Å²) in [5, 5.41) is 12.3. The van der Waals surface area contributed by atoms with Crippen LogP contribution in [0.25, 0.3) is 0 Å². The standard InChI is InChI=1S/C14H13ClN2O2/c1-9-3-2-4-11(17-9)8-16-10-5-6-12(14(18)19)13(15)7-10/h2-7,16H,8H2,1H3,(H,18,19). The quantitative estimate of drug-likeness (QED) is 0.899. The summed E-state index contributed by atoms with van der Waals surface area (Å²) in [7, 11) is 0. The normalized spacial score (nSPS) is 10.2. The third-order valence-electron chi connectivity index (χ3n) is 2.62. The van der Waals surface area contributed by atoms with Gasteiger partial charge in [0.05, 0.1) is 22.8 Å². The van der Waals surface area contributed by atoms with Gasteiger partial charge < -0.3 is 10.4 Å². The second-order valence-electron chi connectivity index (χ2n) is 4.12. The van der Waals surface area contributed by atoms with Crippen LogP contribution in [0.3, 0.4) is 0 Å². The van der Waals surface area contributed by atoms with Crippen LogP contribution >= 0.6 is 11.6 Å². The van der Waals surface area contributed by atoms with E-state index in [9.17, 15) is 4.79 Å². The number of carboxylic acids is 1. The summed E-state index contributed by atoms with van der Waals surface area (Å²) < 4.78 is 0. The van der Waals surface area contributed by atoms with Crippen LogP contribution in [-0.2, 0) is 6.54 Å². The highest BCUT2D eigenvalue weighted by molar-refractivity contribution is 6.33. The summed E-state index contributed by atoms with van der Waals surface area (Å²) in [5.74, 6) is -1.03. The monoisotopic (exact) mass is 276 g/mol. The predicted octanol–water partition coefficient (Wildman–Crippen LogP) is 3.35. The van der Waals surface area contributed by atoms with Crippen LogP contribution in [0.2, 0.25) is 5.02 Å². The van der Waals surface area contributed by atoms with Gasteiger partial charge >= 0.3 is 5.97 Å². The van der Waals surface area contributed by atoms with Gasteiger partial charge in [-0.3, -0.25) is 4.98 Å². The number of halogens is 1. The minimum absolute atomic E-state index is 0.0981. The van der Waals surface area contributed by atoms with Crippen LogP contribution in [0.1, 0.15) is 21.7 Å². The lowest BCUT2D eigenvalue weighted by Gasteiger charge is -2.08. The molecule has 0 bridgehead atoms. The molecule has 5 heteroatoms. The average Bonchev–Trinajstić information content (AvgIpc) is 2.36. The molecule has 0 aliphatic carbocycles. The molecule has 1 aromatic carbocycles. The highest BCUT2D eigenvalue weighted by Gasteiger charge is 2.08. The number of aromatic nitrogens is 1. The van der Waals surface area contributed by atoms with E-state index >= 15 is 0 Å². The first kappa shape index (κ1) is 13.4. The van der Waals surface area contributed by atoms with Crippen molar-refractivity contribution in [3.63, 3.8) is 0 Å². The van der Waals surface area contributed by atoms with E-state index in [2.05, 4.69) is 10.3 Å². The van der Waals surface area contributed by atoms with E-state index < -0.39 is 5.97 Å². The molecule has 0 radical (unpaired) electrons. The zero-order valence-electron chi connectivity index (χ0n) is 10.4. The Morgan fingerprint density at radius 2 is 2.16 bits per heavy atom. The SMILES string of the molecule is Cc1cccc(CNc2ccc(C(=O)O)c(Cl)c2)n1. The van der Waals surface area contributed by atoms with Crippen molar-refractivity contribution in [3.8, 4) is 0 Å². The van der Waals surface area contributed by atoms with Crippen molar-refractivity contribution >= 4 is 23.3 Å². The van der Waals surface area contributed by atoms with E-state index in [1.165, 1.54) is 6.07 Å². The summed E-state index contributed by atoms with van der Waals surface area (Å²) >= 11 is 5.89. The van der Waals surface area contributed by atoms with Gasteiger partial charge in [-0.2, -0.15) is 0 Å². The molecular formula is C14H13ClN2O2. The molecule has 0 saturated carbocycles. The molecule has 2 rings (SSSR count). The number of carbonyl (C=O) groups is 1. The molecule has 2 N–H and O–H groups in total. The van der Waals surface area contributed by atoms with Crippen molar-refractivity contribution in [2.45, 2.75) is 13.5 Å². The summed E-state index contributed by atoms with van der Waals surface area (Å²) in [5.41, 5.74) is 2.73. The Hall–Kier alpha value is -2.07. The van der Waals surface area contributed by atoms with Gasteiger partial charge in [-0.05, 0) is 37.3 Å². The van der Waals surface area contributed by atoms with Gasteiger partial charge in [-0.25, -0.2) is 4.79 Å². The van der Waals surface area contributed by atoms with Crippen LogP contribution in [0, 0.1) is 6.92 Å². The number of hydrogen-bond donors (Lipinski definition) is 2. The lowest BCUT2D eigenvalue weighted by molar-refractivity contribution is 0.0697. The topological polar surface area (TPSA) is 62.2 Å². The van der Waals surface area contributed by atoms with Crippen molar-refractivity contribution in [2.24, 2.45) is 0 Å². The minimum Gasteiger partial charge on any atom is -0.478 e. The number of nitrogens with zero attached hydrogens (tertiary/aromatic N) is 1. The maximum Gasteiger partial charge on any atom is 0.337 e. The first-order valence-electron chi connectivity index (χ1n) is 5.75. The number of aryl methyl sites for hydroxylation is 1. The fourth-order valence-corrected chi connectivity index (χ4v) is 1.95. The summed E-state index contributed by atoms with van der Waals surface area (Å²) in [6.07, 6.45) is 0. The Bertz CT molecular complexity index is 614. The molecule has 4 nitrogen and oxygen atoms in total. The van der Waals surface area contributed by atoms with E-state index in [-0.39, 0.29) is 10.6 Å². The van der Waals surface area contributed by atoms with Crippen LogP contribution < -0.4 is 5.32 Å². The number of aromatic carboxylic acids is 1. The zero-order valence-corrected chi connectivity index (χ0v) is 11.1. The van der Waals surface area contributed by atoms with Crippen molar-refractivity contribution in [1.82, 2.24) is 4.98 Å². The average molecular weight is 277 g/mol. The van der Waals surface area contributed by atoms with Gasteiger partial charge in [0.25, 0.3) is 0 Å². The van der Waals surface area contributed by atoms with Crippen molar-refractivity contribution in [2.75, 3.05) is 5.32 Å². The fourth-order valence-electron chi connectivity index (χ4n) is 1.69. The van der Waals surface area contributed by atoms with Gasteiger partial charge in [0.1, 0.15) is 0 Å². The van der Waals surface area contributed by atoms with Gasteiger partial charge in [-0.15, -0.1) is 0 Å². The molecule has 0 aliphatic heterocycles. The van der Waals surface area contributed by atoms with Gasteiger partial charge in [0.15, 0.2) is 0 Å². The lowest BCUT2D eigenvalue weighted by Crippen LogP contribution is -2.03. The first-order chi connectivity index (χ1) is 9.06. The van der Waals surface area contributed by atoms with Crippen LogP contribution in [0.15, 0.2) is 36.4 Å².